The van der Waals surface area contributed by atoms with Gasteiger partial charge in [-0.1, -0.05) is 24.3 Å². The SMILES string of the molecule is CC1=NN(c2nncc3ccccc23)C(C)(C)C1. The van der Waals surface area contributed by atoms with Crippen molar-refractivity contribution in [2.24, 2.45) is 5.10 Å². The van der Waals surface area contributed by atoms with Crippen molar-refractivity contribution >= 4 is 22.3 Å². The van der Waals surface area contributed by atoms with Gasteiger partial charge < -0.3 is 0 Å². The van der Waals surface area contributed by atoms with Gasteiger partial charge in [-0.15, -0.1) is 5.10 Å². The van der Waals surface area contributed by atoms with Gasteiger partial charge in [-0.2, -0.15) is 10.2 Å². The summed E-state index contributed by atoms with van der Waals surface area (Å²) < 4.78 is 0. The van der Waals surface area contributed by atoms with Gasteiger partial charge in [-0.25, -0.2) is 5.01 Å². The molecule has 0 saturated heterocycles. The fourth-order valence-electron chi connectivity index (χ4n) is 2.55. The van der Waals surface area contributed by atoms with Crippen molar-refractivity contribution in [3.63, 3.8) is 0 Å². The molecule has 92 valence electrons. The predicted octanol–water partition coefficient (Wildman–Crippen LogP) is 2.99. The van der Waals surface area contributed by atoms with Crippen molar-refractivity contribution in [2.75, 3.05) is 5.01 Å². The van der Waals surface area contributed by atoms with E-state index in [-0.39, 0.29) is 5.54 Å². The molecule has 0 saturated carbocycles. The van der Waals surface area contributed by atoms with E-state index in [0.29, 0.717) is 0 Å². The molecule has 0 unspecified atom stereocenters. The molecule has 1 aromatic carbocycles. The molecule has 2 aromatic rings. The Morgan fingerprint density at radius 1 is 1.22 bits per heavy atom. The Labute approximate surface area is 106 Å². The molecule has 0 bridgehead atoms. The molecule has 0 atom stereocenters. The third kappa shape index (κ3) is 1.65. The molecule has 18 heavy (non-hydrogen) atoms. The first kappa shape index (κ1) is 11.1. The van der Waals surface area contributed by atoms with E-state index in [1.807, 2.05) is 23.2 Å². The lowest BCUT2D eigenvalue weighted by Gasteiger charge is -2.29. The van der Waals surface area contributed by atoms with Crippen LogP contribution in [0.25, 0.3) is 10.8 Å². The van der Waals surface area contributed by atoms with E-state index in [9.17, 15) is 0 Å². The average Bonchev–Trinajstić information content (AvgIpc) is 2.61. The van der Waals surface area contributed by atoms with E-state index in [1.165, 1.54) is 0 Å². The zero-order valence-corrected chi connectivity index (χ0v) is 10.9. The number of rotatable bonds is 1. The number of benzene rings is 1. The van der Waals surface area contributed by atoms with Crippen LogP contribution in [-0.4, -0.2) is 21.4 Å². The van der Waals surface area contributed by atoms with Gasteiger partial charge in [0.1, 0.15) is 0 Å². The smallest absolute Gasteiger partial charge is 0.179 e. The Balaban J connectivity index is 2.21. The minimum absolute atomic E-state index is 0.0388. The van der Waals surface area contributed by atoms with Crippen LogP contribution in [0.2, 0.25) is 0 Å². The normalized spacial score (nSPS) is 18.2. The lowest BCUT2D eigenvalue weighted by atomic mass is 9.98. The summed E-state index contributed by atoms with van der Waals surface area (Å²) >= 11 is 0. The van der Waals surface area contributed by atoms with Gasteiger partial charge in [-0.3, -0.25) is 0 Å². The summed E-state index contributed by atoms with van der Waals surface area (Å²) in [5, 5.41) is 17.2. The van der Waals surface area contributed by atoms with Crippen LogP contribution in [0, 0.1) is 0 Å². The van der Waals surface area contributed by atoms with Crippen molar-refractivity contribution in [3.05, 3.63) is 30.5 Å². The zero-order valence-electron chi connectivity index (χ0n) is 10.9. The average molecular weight is 240 g/mol. The van der Waals surface area contributed by atoms with E-state index in [2.05, 4.69) is 42.1 Å². The van der Waals surface area contributed by atoms with Crippen LogP contribution in [-0.2, 0) is 0 Å². The van der Waals surface area contributed by atoms with Crippen molar-refractivity contribution < 1.29 is 0 Å². The van der Waals surface area contributed by atoms with Crippen molar-refractivity contribution in [2.45, 2.75) is 32.7 Å². The Hall–Kier alpha value is -1.97. The third-order valence-electron chi connectivity index (χ3n) is 3.28. The fourth-order valence-corrected chi connectivity index (χ4v) is 2.55. The number of anilines is 1. The second-order valence-corrected chi connectivity index (χ2v) is 5.39. The highest BCUT2D eigenvalue weighted by atomic mass is 15.5. The molecule has 0 fully saturated rings. The molecule has 0 N–H and O–H groups in total. The summed E-state index contributed by atoms with van der Waals surface area (Å²) in [6, 6.07) is 8.15. The van der Waals surface area contributed by atoms with E-state index < -0.39 is 0 Å². The highest BCUT2D eigenvalue weighted by Gasteiger charge is 2.35. The summed E-state index contributed by atoms with van der Waals surface area (Å²) in [7, 11) is 0. The third-order valence-corrected chi connectivity index (χ3v) is 3.28. The zero-order chi connectivity index (χ0) is 12.8. The van der Waals surface area contributed by atoms with E-state index in [4.69, 9.17) is 0 Å². The monoisotopic (exact) mass is 240 g/mol. The van der Waals surface area contributed by atoms with Gasteiger partial charge in [0, 0.05) is 22.9 Å². The molecule has 0 spiro atoms. The summed E-state index contributed by atoms with van der Waals surface area (Å²) in [5.41, 5.74) is 1.10. The molecule has 4 heteroatoms. The molecular formula is C14H16N4. The Morgan fingerprint density at radius 2 is 2.00 bits per heavy atom. The van der Waals surface area contributed by atoms with Crippen molar-refractivity contribution in [3.8, 4) is 0 Å². The molecule has 2 heterocycles. The minimum Gasteiger partial charge on any atom is -0.240 e. The van der Waals surface area contributed by atoms with Crippen LogP contribution in [0.4, 0.5) is 5.82 Å². The highest BCUT2D eigenvalue weighted by molar-refractivity contribution is 5.94. The molecular weight excluding hydrogens is 224 g/mol. The molecule has 0 aliphatic carbocycles. The van der Waals surface area contributed by atoms with E-state index in [1.54, 1.807) is 6.20 Å². The van der Waals surface area contributed by atoms with Gasteiger partial charge in [0.05, 0.1) is 11.7 Å². The molecule has 1 aliphatic rings. The molecule has 4 nitrogen and oxygen atoms in total. The quantitative estimate of drug-likeness (QED) is 0.769. The number of hydrazone groups is 1. The predicted molar refractivity (Wildman–Crippen MR) is 73.8 cm³/mol. The second kappa shape index (κ2) is 3.77. The van der Waals surface area contributed by atoms with Gasteiger partial charge in [0.25, 0.3) is 0 Å². The van der Waals surface area contributed by atoms with Crippen molar-refractivity contribution in [1.82, 2.24) is 10.2 Å². The van der Waals surface area contributed by atoms with Crippen molar-refractivity contribution in [1.29, 1.82) is 0 Å². The summed E-state index contributed by atoms with van der Waals surface area (Å²) in [6.45, 7) is 6.41. The lowest BCUT2D eigenvalue weighted by molar-refractivity contribution is 0.511. The number of fused-ring (bicyclic) bond motifs is 1. The van der Waals surface area contributed by atoms with Crippen LogP contribution >= 0.6 is 0 Å². The topological polar surface area (TPSA) is 41.4 Å². The standard InChI is InChI=1S/C14H16N4/c1-10-8-14(2,3)18(17-10)13-12-7-5-4-6-11(12)9-15-16-13/h4-7,9H,8H2,1-3H3. The van der Waals surface area contributed by atoms with Crippen LogP contribution in [0.15, 0.2) is 35.6 Å². The van der Waals surface area contributed by atoms with Gasteiger partial charge >= 0.3 is 0 Å². The molecule has 1 aromatic heterocycles. The molecule has 3 rings (SSSR count). The Kier molecular flexibility index (Phi) is 2.33. The van der Waals surface area contributed by atoms with Gasteiger partial charge in [0.2, 0.25) is 0 Å². The lowest BCUT2D eigenvalue weighted by Crippen LogP contribution is -2.37. The molecule has 1 aliphatic heterocycles. The number of hydrogen-bond donors (Lipinski definition) is 0. The first-order valence-electron chi connectivity index (χ1n) is 6.13. The first-order valence-corrected chi connectivity index (χ1v) is 6.13. The van der Waals surface area contributed by atoms with Gasteiger partial charge in [0.15, 0.2) is 5.82 Å². The Morgan fingerprint density at radius 3 is 2.72 bits per heavy atom. The largest absolute Gasteiger partial charge is 0.240 e. The maximum atomic E-state index is 4.61. The highest BCUT2D eigenvalue weighted by Crippen LogP contribution is 2.34. The number of hydrogen-bond acceptors (Lipinski definition) is 4. The van der Waals surface area contributed by atoms with Crippen LogP contribution in [0.5, 0.6) is 0 Å². The number of nitrogens with zero attached hydrogens (tertiary/aromatic N) is 4. The minimum atomic E-state index is -0.0388. The fraction of sp³-hybridized carbons (Fsp3) is 0.357. The molecule has 0 radical (unpaired) electrons. The van der Waals surface area contributed by atoms with E-state index in [0.717, 1.165) is 28.7 Å². The summed E-state index contributed by atoms with van der Waals surface area (Å²) in [4.78, 5) is 0. The summed E-state index contributed by atoms with van der Waals surface area (Å²) in [6.07, 6.45) is 2.75. The summed E-state index contributed by atoms with van der Waals surface area (Å²) in [5.74, 6) is 0.843. The second-order valence-electron chi connectivity index (χ2n) is 5.39. The maximum absolute atomic E-state index is 4.61. The first-order chi connectivity index (χ1) is 8.58. The van der Waals surface area contributed by atoms with Crippen LogP contribution < -0.4 is 5.01 Å². The Bertz CT molecular complexity index is 625. The van der Waals surface area contributed by atoms with Gasteiger partial charge in [-0.05, 0) is 20.8 Å². The van der Waals surface area contributed by atoms with E-state index >= 15 is 0 Å². The molecule has 0 amide bonds. The number of aromatic nitrogens is 2. The van der Waals surface area contributed by atoms with Crippen LogP contribution in [0.3, 0.4) is 0 Å². The maximum Gasteiger partial charge on any atom is 0.179 e. The van der Waals surface area contributed by atoms with Crippen LogP contribution in [0.1, 0.15) is 27.2 Å².